The molecular weight excluding hydrogens is 390 g/mol. The second kappa shape index (κ2) is 8.23. The Hall–Kier alpha value is -2.65. The number of rotatable bonds is 5. The van der Waals surface area contributed by atoms with Crippen molar-refractivity contribution in [2.45, 2.75) is 43.9 Å². The van der Waals surface area contributed by atoms with E-state index < -0.39 is 5.60 Å². The molecule has 9 heteroatoms. The van der Waals surface area contributed by atoms with Crippen molar-refractivity contribution >= 4 is 16.8 Å². The molecule has 30 heavy (non-hydrogen) atoms. The van der Waals surface area contributed by atoms with Crippen molar-refractivity contribution in [3.63, 3.8) is 0 Å². The SMILES string of the molecule is COc1cc2ncn(CC3(O)CCN(C(=O)C4CCCO4)CC3)c(=O)c2cc1OC. The van der Waals surface area contributed by atoms with Crippen molar-refractivity contribution in [3.8, 4) is 11.5 Å². The van der Waals surface area contributed by atoms with Crippen LogP contribution >= 0.6 is 0 Å². The summed E-state index contributed by atoms with van der Waals surface area (Å²) in [5.74, 6) is 0.943. The lowest BCUT2D eigenvalue weighted by atomic mass is 9.91. The van der Waals surface area contributed by atoms with E-state index >= 15 is 0 Å². The maximum atomic E-state index is 13.0. The van der Waals surface area contributed by atoms with Crippen molar-refractivity contribution in [1.82, 2.24) is 14.5 Å². The van der Waals surface area contributed by atoms with Gasteiger partial charge in [-0.1, -0.05) is 0 Å². The first-order valence-electron chi connectivity index (χ1n) is 10.2. The highest BCUT2D eigenvalue weighted by atomic mass is 16.5. The summed E-state index contributed by atoms with van der Waals surface area (Å²) in [6, 6.07) is 3.26. The molecule has 1 amide bonds. The zero-order chi connectivity index (χ0) is 21.3. The van der Waals surface area contributed by atoms with Crippen LogP contribution in [0.1, 0.15) is 25.7 Å². The summed E-state index contributed by atoms with van der Waals surface area (Å²) in [6.07, 6.45) is 3.53. The standard InChI is InChI=1S/C21H27N3O6/c1-28-17-10-14-15(11-18(17)29-2)22-13-24(19(14)25)12-21(27)5-7-23(8-6-21)20(26)16-4-3-9-30-16/h10-11,13,16,27H,3-9,12H2,1-2H3. The van der Waals surface area contributed by atoms with Gasteiger partial charge >= 0.3 is 0 Å². The molecule has 4 rings (SSSR count). The van der Waals surface area contributed by atoms with Gasteiger partial charge in [-0.25, -0.2) is 4.98 Å². The van der Waals surface area contributed by atoms with E-state index in [-0.39, 0.29) is 24.1 Å². The Morgan fingerprint density at radius 3 is 2.60 bits per heavy atom. The fourth-order valence-corrected chi connectivity index (χ4v) is 4.19. The van der Waals surface area contributed by atoms with E-state index in [4.69, 9.17) is 14.2 Å². The maximum Gasteiger partial charge on any atom is 0.261 e. The minimum atomic E-state index is -1.08. The van der Waals surface area contributed by atoms with Gasteiger partial charge in [0.1, 0.15) is 6.10 Å². The van der Waals surface area contributed by atoms with Crippen LogP contribution in [0.4, 0.5) is 0 Å². The molecule has 1 N–H and O–H groups in total. The van der Waals surface area contributed by atoms with Gasteiger partial charge in [-0.2, -0.15) is 0 Å². The van der Waals surface area contributed by atoms with Gasteiger partial charge in [-0.15, -0.1) is 0 Å². The van der Waals surface area contributed by atoms with Gasteiger partial charge in [-0.3, -0.25) is 14.2 Å². The van der Waals surface area contributed by atoms with Gasteiger partial charge in [0.15, 0.2) is 11.5 Å². The van der Waals surface area contributed by atoms with Crippen molar-refractivity contribution in [3.05, 3.63) is 28.8 Å². The molecule has 2 fully saturated rings. The van der Waals surface area contributed by atoms with Gasteiger partial charge in [0, 0.05) is 25.8 Å². The molecule has 162 valence electrons. The molecule has 1 aromatic carbocycles. The molecular formula is C21H27N3O6. The highest BCUT2D eigenvalue weighted by Gasteiger charge is 2.37. The van der Waals surface area contributed by atoms with Gasteiger partial charge in [0.25, 0.3) is 11.5 Å². The summed E-state index contributed by atoms with van der Waals surface area (Å²) in [6.45, 7) is 1.62. The van der Waals surface area contributed by atoms with Crippen LogP contribution in [0.3, 0.4) is 0 Å². The zero-order valence-corrected chi connectivity index (χ0v) is 17.3. The van der Waals surface area contributed by atoms with Crippen LogP contribution in [0.25, 0.3) is 10.9 Å². The highest BCUT2D eigenvalue weighted by molar-refractivity contribution is 5.82. The maximum absolute atomic E-state index is 13.0. The van der Waals surface area contributed by atoms with Crippen LogP contribution in [0.2, 0.25) is 0 Å². The van der Waals surface area contributed by atoms with E-state index in [9.17, 15) is 14.7 Å². The number of aromatic nitrogens is 2. The molecule has 1 unspecified atom stereocenters. The highest BCUT2D eigenvalue weighted by Crippen LogP contribution is 2.30. The Balaban J connectivity index is 1.50. The fraction of sp³-hybridized carbons (Fsp3) is 0.571. The Kier molecular flexibility index (Phi) is 5.66. The molecule has 2 aliphatic rings. The normalized spacial score (nSPS) is 21.0. The third-order valence-corrected chi connectivity index (χ3v) is 6.00. The van der Waals surface area contributed by atoms with Crippen LogP contribution < -0.4 is 15.0 Å². The summed E-state index contributed by atoms with van der Waals surface area (Å²) >= 11 is 0. The number of hydrogen-bond acceptors (Lipinski definition) is 7. The lowest BCUT2D eigenvalue weighted by molar-refractivity contribution is -0.145. The van der Waals surface area contributed by atoms with Gasteiger partial charge < -0.3 is 24.2 Å². The van der Waals surface area contributed by atoms with Crippen LogP contribution in [0.5, 0.6) is 11.5 Å². The minimum Gasteiger partial charge on any atom is -0.493 e. The molecule has 2 aromatic rings. The molecule has 1 atom stereocenters. The van der Waals surface area contributed by atoms with Crippen LogP contribution in [0, 0.1) is 0 Å². The number of amides is 1. The van der Waals surface area contributed by atoms with Crippen LogP contribution in [0.15, 0.2) is 23.3 Å². The summed E-state index contributed by atoms with van der Waals surface area (Å²) in [4.78, 5) is 31.6. The van der Waals surface area contributed by atoms with Crippen molar-refractivity contribution in [1.29, 1.82) is 0 Å². The molecule has 0 bridgehead atoms. The minimum absolute atomic E-state index is 0.000121. The van der Waals surface area contributed by atoms with Crippen molar-refractivity contribution in [2.24, 2.45) is 0 Å². The number of piperidine rings is 1. The van der Waals surface area contributed by atoms with E-state index in [2.05, 4.69) is 4.98 Å². The first kappa shape index (κ1) is 20.6. The van der Waals surface area contributed by atoms with Crippen molar-refractivity contribution < 1.29 is 24.1 Å². The summed E-state index contributed by atoms with van der Waals surface area (Å²) in [5.41, 5.74) is -0.839. The van der Waals surface area contributed by atoms with Crippen LogP contribution in [-0.2, 0) is 16.1 Å². The van der Waals surface area contributed by atoms with E-state index in [0.29, 0.717) is 54.9 Å². The molecule has 0 spiro atoms. The lowest BCUT2D eigenvalue weighted by Gasteiger charge is -2.39. The molecule has 9 nitrogen and oxygen atoms in total. The Morgan fingerprint density at radius 1 is 1.27 bits per heavy atom. The van der Waals surface area contributed by atoms with Gasteiger partial charge in [0.2, 0.25) is 0 Å². The van der Waals surface area contributed by atoms with Crippen LogP contribution in [-0.4, -0.2) is 71.1 Å². The number of carbonyl (C=O) groups is 1. The first-order chi connectivity index (χ1) is 14.4. The molecule has 0 saturated carbocycles. The van der Waals surface area contributed by atoms with E-state index in [1.54, 1.807) is 17.0 Å². The number of fused-ring (bicyclic) bond motifs is 1. The molecule has 2 aliphatic heterocycles. The number of benzene rings is 1. The predicted molar refractivity (Wildman–Crippen MR) is 109 cm³/mol. The molecule has 3 heterocycles. The molecule has 0 radical (unpaired) electrons. The topological polar surface area (TPSA) is 103 Å². The quantitative estimate of drug-likeness (QED) is 0.772. The monoisotopic (exact) mass is 417 g/mol. The van der Waals surface area contributed by atoms with Gasteiger partial charge in [0.05, 0.1) is 43.6 Å². The number of carbonyl (C=O) groups excluding carboxylic acids is 1. The average molecular weight is 417 g/mol. The summed E-state index contributed by atoms with van der Waals surface area (Å²) in [5, 5.41) is 11.5. The second-order valence-electron chi connectivity index (χ2n) is 7.95. The lowest BCUT2D eigenvalue weighted by Crippen LogP contribution is -2.51. The molecule has 1 aromatic heterocycles. The average Bonchev–Trinajstić information content (AvgIpc) is 3.30. The fourth-order valence-electron chi connectivity index (χ4n) is 4.19. The molecule has 0 aliphatic carbocycles. The number of methoxy groups -OCH3 is 2. The summed E-state index contributed by atoms with van der Waals surface area (Å²) < 4.78 is 17.5. The smallest absolute Gasteiger partial charge is 0.261 e. The molecule has 2 saturated heterocycles. The number of aliphatic hydroxyl groups is 1. The number of hydrogen-bond donors (Lipinski definition) is 1. The Labute approximate surface area is 174 Å². The van der Waals surface area contributed by atoms with Gasteiger partial charge in [-0.05, 0) is 31.7 Å². The number of nitrogens with zero attached hydrogens (tertiary/aromatic N) is 3. The van der Waals surface area contributed by atoms with E-state index in [1.807, 2.05) is 0 Å². The van der Waals surface area contributed by atoms with Crippen molar-refractivity contribution in [2.75, 3.05) is 33.9 Å². The number of likely N-dealkylation sites (tertiary alicyclic amines) is 1. The summed E-state index contributed by atoms with van der Waals surface area (Å²) in [7, 11) is 3.03. The van der Waals surface area contributed by atoms with E-state index in [0.717, 1.165) is 12.8 Å². The Morgan fingerprint density at radius 2 is 1.97 bits per heavy atom. The zero-order valence-electron chi connectivity index (χ0n) is 17.3. The Bertz CT molecular complexity index is 990. The third kappa shape index (κ3) is 3.87. The largest absolute Gasteiger partial charge is 0.493 e. The third-order valence-electron chi connectivity index (χ3n) is 6.00. The predicted octanol–water partition coefficient (Wildman–Crippen LogP) is 0.946. The number of ether oxygens (including phenoxy) is 3. The second-order valence-corrected chi connectivity index (χ2v) is 7.95. The first-order valence-corrected chi connectivity index (χ1v) is 10.2. The van der Waals surface area contributed by atoms with E-state index in [1.165, 1.54) is 25.1 Å².